The lowest BCUT2D eigenvalue weighted by molar-refractivity contribution is -0.144. The van der Waals surface area contributed by atoms with Crippen molar-refractivity contribution in [3.05, 3.63) is 66.0 Å². The van der Waals surface area contributed by atoms with E-state index in [1.807, 2.05) is 42.5 Å². The Labute approximate surface area is 117 Å². The molecule has 0 aliphatic heterocycles. The van der Waals surface area contributed by atoms with Crippen LogP contribution < -0.4 is 0 Å². The number of halogens is 1. The monoisotopic (exact) mass is 307 g/mol. The van der Waals surface area contributed by atoms with E-state index < -0.39 is 0 Å². The quantitative estimate of drug-likeness (QED) is 0.817. The normalized spacial score (nSPS) is 11.2. The van der Waals surface area contributed by atoms with E-state index in [2.05, 4.69) is 4.98 Å². The summed E-state index contributed by atoms with van der Waals surface area (Å²) in [6, 6.07) is 13.4. The van der Waals surface area contributed by atoms with Crippen LogP contribution in [0.25, 0.3) is 0 Å². The van der Waals surface area contributed by atoms with Crippen LogP contribution in [0.2, 0.25) is 0 Å². The van der Waals surface area contributed by atoms with Gasteiger partial charge in [-0.15, -0.1) is 17.0 Å². The lowest BCUT2D eigenvalue weighted by Gasteiger charge is -2.17. The molecule has 0 bridgehead atoms. The number of carbonyl (C=O) groups excluding carboxylic acids is 1. The summed E-state index contributed by atoms with van der Waals surface area (Å²) in [5.41, 5.74) is 1.87. The Morgan fingerprint density at radius 1 is 1.06 bits per heavy atom. The van der Waals surface area contributed by atoms with E-state index in [0.717, 1.165) is 11.1 Å². The maximum atomic E-state index is 11.2. The maximum absolute atomic E-state index is 11.2. The average Bonchev–Trinajstić information content (AvgIpc) is 2.38. The lowest BCUT2D eigenvalue weighted by Crippen LogP contribution is -2.09. The number of carbonyl (C=O) groups is 1. The molecule has 1 heterocycles. The molecule has 1 atom stereocenters. The fraction of sp³-hybridized carbons (Fsp3) is 0.143. The van der Waals surface area contributed by atoms with Crippen LogP contribution in [0.4, 0.5) is 0 Å². The molecule has 0 aliphatic rings. The number of ether oxygens (including phenoxy) is 1. The standard InChI is InChI=1S/C14H13NO2.BrH/c1-11(16)17-14(12-5-3-2-4-6-12)13-7-9-15-10-8-13;/h2-10,14H,1H3;1H. The van der Waals surface area contributed by atoms with Crippen molar-refractivity contribution in [3.63, 3.8) is 0 Å². The third-order valence-electron chi connectivity index (χ3n) is 2.39. The predicted molar refractivity (Wildman–Crippen MR) is 74.6 cm³/mol. The largest absolute Gasteiger partial charge is 0.453 e. The summed E-state index contributed by atoms with van der Waals surface area (Å²) in [7, 11) is 0. The van der Waals surface area contributed by atoms with Gasteiger partial charge in [-0.25, -0.2) is 0 Å². The van der Waals surface area contributed by atoms with Gasteiger partial charge in [-0.3, -0.25) is 9.78 Å². The molecule has 1 aromatic heterocycles. The van der Waals surface area contributed by atoms with Gasteiger partial charge in [0.2, 0.25) is 0 Å². The molecule has 18 heavy (non-hydrogen) atoms. The van der Waals surface area contributed by atoms with Crippen molar-refractivity contribution in [2.75, 3.05) is 0 Å². The van der Waals surface area contributed by atoms with Gasteiger partial charge in [0.15, 0.2) is 6.10 Å². The second-order valence-electron chi connectivity index (χ2n) is 3.68. The van der Waals surface area contributed by atoms with E-state index >= 15 is 0 Å². The molecular formula is C14H14BrNO2. The minimum atomic E-state index is -0.364. The van der Waals surface area contributed by atoms with Crippen LogP contribution in [0, 0.1) is 0 Å². The molecule has 0 aliphatic carbocycles. The topological polar surface area (TPSA) is 39.2 Å². The first-order valence-electron chi connectivity index (χ1n) is 5.39. The van der Waals surface area contributed by atoms with Gasteiger partial charge in [-0.05, 0) is 17.7 Å². The fourth-order valence-corrected chi connectivity index (χ4v) is 1.66. The van der Waals surface area contributed by atoms with Crippen molar-refractivity contribution >= 4 is 23.0 Å². The van der Waals surface area contributed by atoms with Gasteiger partial charge in [0, 0.05) is 24.9 Å². The first kappa shape index (κ1) is 14.4. The third-order valence-corrected chi connectivity index (χ3v) is 2.39. The highest BCUT2D eigenvalue weighted by molar-refractivity contribution is 8.93. The summed E-state index contributed by atoms with van der Waals surface area (Å²) >= 11 is 0. The molecule has 0 fully saturated rings. The second-order valence-corrected chi connectivity index (χ2v) is 3.68. The predicted octanol–water partition coefficient (Wildman–Crippen LogP) is 3.31. The molecule has 0 radical (unpaired) electrons. The summed E-state index contributed by atoms with van der Waals surface area (Å²) < 4.78 is 5.36. The van der Waals surface area contributed by atoms with Crippen molar-refractivity contribution in [2.45, 2.75) is 13.0 Å². The average molecular weight is 308 g/mol. The zero-order valence-corrected chi connectivity index (χ0v) is 11.7. The molecule has 1 unspecified atom stereocenters. The summed E-state index contributed by atoms with van der Waals surface area (Å²) in [4.78, 5) is 15.1. The number of aromatic nitrogens is 1. The summed E-state index contributed by atoms with van der Waals surface area (Å²) in [5, 5.41) is 0. The second kappa shape index (κ2) is 6.91. The van der Waals surface area contributed by atoms with Gasteiger partial charge < -0.3 is 4.74 Å². The molecule has 0 N–H and O–H groups in total. The Morgan fingerprint density at radius 3 is 2.17 bits per heavy atom. The Kier molecular flexibility index (Phi) is 5.52. The highest BCUT2D eigenvalue weighted by Crippen LogP contribution is 2.25. The SMILES string of the molecule is Br.CC(=O)OC(c1ccccc1)c1ccncc1. The van der Waals surface area contributed by atoms with Crippen LogP contribution >= 0.6 is 17.0 Å². The van der Waals surface area contributed by atoms with Crippen LogP contribution in [-0.4, -0.2) is 11.0 Å². The molecule has 2 aromatic rings. The number of pyridine rings is 1. The van der Waals surface area contributed by atoms with Crippen LogP contribution in [0.5, 0.6) is 0 Å². The van der Waals surface area contributed by atoms with Gasteiger partial charge in [-0.2, -0.15) is 0 Å². The van der Waals surface area contributed by atoms with Crippen LogP contribution in [0.15, 0.2) is 54.9 Å². The van der Waals surface area contributed by atoms with Crippen molar-refractivity contribution in [1.82, 2.24) is 4.98 Å². The Bertz CT molecular complexity index is 448. The summed E-state index contributed by atoms with van der Waals surface area (Å²) in [5.74, 6) is -0.296. The lowest BCUT2D eigenvalue weighted by atomic mass is 10.0. The molecule has 94 valence electrons. The van der Waals surface area contributed by atoms with Crippen LogP contribution in [0.1, 0.15) is 24.2 Å². The van der Waals surface area contributed by atoms with Gasteiger partial charge in [-0.1, -0.05) is 30.3 Å². The molecule has 0 spiro atoms. The Morgan fingerprint density at radius 2 is 1.61 bits per heavy atom. The summed E-state index contributed by atoms with van der Waals surface area (Å²) in [6.45, 7) is 1.41. The Balaban J connectivity index is 0.00000162. The van der Waals surface area contributed by atoms with E-state index in [1.165, 1.54) is 6.92 Å². The number of hydrogen-bond donors (Lipinski definition) is 0. The first-order valence-corrected chi connectivity index (χ1v) is 5.39. The van der Waals surface area contributed by atoms with Crippen molar-refractivity contribution in [1.29, 1.82) is 0 Å². The molecule has 0 saturated carbocycles. The van der Waals surface area contributed by atoms with Gasteiger partial charge in [0.25, 0.3) is 0 Å². The Hall–Kier alpha value is -1.68. The van der Waals surface area contributed by atoms with E-state index in [-0.39, 0.29) is 29.1 Å². The third kappa shape index (κ3) is 3.67. The van der Waals surface area contributed by atoms with E-state index in [1.54, 1.807) is 12.4 Å². The highest BCUT2D eigenvalue weighted by atomic mass is 79.9. The highest BCUT2D eigenvalue weighted by Gasteiger charge is 2.16. The number of hydrogen-bond acceptors (Lipinski definition) is 3. The molecule has 2 rings (SSSR count). The van der Waals surface area contributed by atoms with E-state index in [0.29, 0.717) is 0 Å². The van der Waals surface area contributed by atoms with Crippen LogP contribution in [-0.2, 0) is 9.53 Å². The summed E-state index contributed by atoms with van der Waals surface area (Å²) in [6.07, 6.45) is 3.01. The smallest absolute Gasteiger partial charge is 0.303 e. The number of rotatable bonds is 3. The zero-order valence-electron chi connectivity index (χ0n) is 9.95. The number of nitrogens with zero attached hydrogens (tertiary/aromatic N) is 1. The molecule has 1 aromatic carbocycles. The molecule has 4 heteroatoms. The first-order chi connectivity index (χ1) is 8.27. The molecule has 0 amide bonds. The van der Waals surface area contributed by atoms with E-state index in [9.17, 15) is 4.79 Å². The van der Waals surface area contributed by atoms with E-state index in [4.69, 9.17) is 4.74 Å². The number of benzene rings is 1. The van der Waals surface area contributed by atoms with Gasteiger partial charge in [0.1, 0.15) is 0 Å². The van der Waals surface area contributed by atoms with Gasteiger partial charge in [0.05, 0.1) is 0 Å². The van der Waals surface area contributed by atoms with Crippen molar-refractivity contribution in [2.24, 2.45) is 0 Å². The zero-order chi connectivity index (χ0) is 12.1. The molecule has 3 nitrogen and oxygen atoms in total. The van der Waals surface area contributed by atoms with Crippen LogP contribution in [0.3, 0.4) is 0 Å². The van der Waals surface area contributed by atoms with Crippen molar-refractivity contribution < 1.29 is 9.53 Å². The fourth-order valence-electron chi connectivity index (χ4n) is 1.66. The maximum Gasteiger partial charge on any atom is 0.303 e. The molecule has 0 saturated heterocycles. The van der Waals surface area contributed by atoms with Gasteiger partial charge >= 0.3 is 5.97 Å². The number of esters is 1. The minimum absolute atomic E-state index is 0. The molecular weight excluding hydrogens is 294 g/mol. The minimum Gasteiger partial charge on any atom is -0.453 e. The van der Waals surface area contributed by atoms with Crippen molar-refractivity contribution in [3.8, 4) is 0 Å².